The molecule has 146 valence electrons. The van der Waals surface area contributed by atoms with E-state index in [0.29, 0.717) is 18.3 Å². The molecule has 0 unspecified atom stereocenters. The molecule has 0 atom stereocenters. The van der Waals surface area contributed by atoms with Crippen molar-refractivity contribution in [2.75, 3.05) is 6.61 Å². The summed E-state index contributed by atoms with van der Waals surface area (Å²) < 4.78 is 7.31. The van der Waals surface area contributed by atoms with Gasteiger partial charge in [-0.25, -0.2) is 4.68 Å². The summed E-state index contributed by atoms with van der Waals surface area (Å²) >= 11 is 0. The number of carbonyl (C=O) groups is 1. The fraction of sp³-hybridized carbons (Fsp3) is 0.238. The highest BCUT2D eigenvalue weighted by Crippen LogP contribution is 2.30. The van der Waals surface area contributed by atoms with Crippen LogP contribution < -0.4 is 4.74 Å². The molecule has 2 aromatic heterocycles. The van der Waals surface area contributed by atoms with Gasteiger partial charge in [-0.05, 0) is 65.2 Å². The van der Waals surface area contributed by atoms with E-state index in [-0.39, 0.29) is 12.5 Å². The van der Waals surface area contributed by atoms with Crippen LogP contribution in [0.2, 0.25) is 0 Å². The van der Waals surface area contributed by atoms with Crippen molar-refractivity contribution in [1.29, 1.82) is 0 Å². The third-order valence-electron chi connectivity index (χ3n) is 5.15. The highest BCUT2D eigenvalue weighted by molar-refractivity contribution is 5.84. The summed E-state index contributed by atoms with van der Waals surface area (Å²) in [4.78, 5) is 18.1. The van der Waals surface area contributed by atoms with Crippen LogP contribution in [0.5, 0.6) is 5.75 Å². The van der Waals surface area contributed by atoms with E-state index < -0.39 is 0 Å². The minimum Gasteiger partial charge on any atom is -0.484 e. The van der Waals surface area contributed by atoms with Crippen LogP contribution in [0.4, 0.5) is 0 Å². The van der Waals surface area contributed by atoms with Crippen LogP contribution >= 0.6 is 0 Å². The summed E-state index contributed by atoms with van der Waals surface area (Å²) in [5.41, 5.74) is 3.06. The molecule has 1 aliphatic carbocycles. The third kappa shape index (κ3) is 3.69. The molecule has 0 radical (unpaired) electrons. The van der Waals surface area contributed by atoms with E-state index in [4.69, 9.17) is 4.74 Å². The SMILES string of the molecule is O=C(COc1ccc(-n2cnnn2)cc1)N(Cc1cccc2[nH]ccc12)C1CC1. The topological polar surface area (TPSA) is 88.9 Å². The summed E-state index contributed by atoms with van der Waals surface area (Å²) in [6, 6.07) is 15.8. The average molecular weight is 388 g/mol. The first-order valence-electron chi connectivity index (χ1n) is 9.58. The lowest BCUT2D eigenvalue weighted by Crippen LogP contribution is -2.36. The number of hydrogen-bond acceptors (Lipinski definition) is 5. The Kier molecular flexibility index (Phi) is 4.44. The van der Waals surface area contributed by atoms with Crippen molar-refractivity contribution in [1.82, 2.24) is 30.1 Å². The Hall–Kier alpha value is -3.68. The second kappa shape index (κ2) is 7.38. The monoisotopic (exact) mass is 388 g/mol. The first-order chi connectivity index (χ1) is 14.3. The van der Waals surface area contributed by atoms with E-state index in [0.717, 1.165) is 35.0 Å². The lowest BCUT2D eigenvalue weighted by molar-refractivity contribution is -0.134. The minimum absolute atomic E-state index is 0.00425. The summed E-state index contributed by atoms with van der Waals surface area (Å²) in [5, 5.41) is 12.2. The van der Waals surface area contributed by atoms with Gasteiger partial charge < -0.3 is 14.6 Å². The normalized spacial score (nSPS) is 13.5. The van der Waals surface area contributed by atoms with E-state index in [2.05, 4.69) is 32.6 Å². The molecule has 1 N–H and O–H groups in total. The van der Waals surface area contributed by atoms with E-state index in [1.807, 2.05) is 47.5 Å². The molecule has 2 aromatic carbocycles. The Morgan fingerprint density at radius 3 is 2.79 bits per heavy atom. The molecular weight excluding hydrogens is 368 g/mol. The highest BCUT2D eigenvalue weighted by Gasteiger charge is 2.33. The van der Waals surface area contributed by atoms with Gasteiger partial charge in [-0.15, -0.1) is 5.10 Å². The number of carbonyl (C=O) groups excluding carboxylic acids is 1. The number of nitrogens with one attached hydrogen (secondary N) is 1. The molecule has 1 amide bonds. The fourth-order valence-electron chi connectivity index (χ4n) is 3.48. The van der Waals surface area contributed by atoms with Gasteiger partial charge in [0.1, 0.15) is 12.1 Å². The van der Waals surface area contributed by atoms with E-state index in [1.54, 1.807) is 4.68 Å². The Morgan fingerprint density at radius 2 is 2.03 bits per heavy atom. The number of fused-ring (bicyclic) bond motifs is 1. The molecule has 29 heavy (non-hydrogen) atoms. The van der Waals surface area contributed by atoms with Crippen LogP contribution in [0.15, 0.2) is 61.1 Å². The zero-order valence-corrected chi connectivity index (χ0v) is 15.7. The van der Waals surface area contributed by atoms with Crippen molar-refractivity contribution < 1.29 is 9.53 Å². The summed E-state index contributed by atoms with van der Waals surface area (Å²) in [7, 11) is 0. The fourth-order valence-corrected chi connectivity index (χ4v) is 3.48. The van der Waals surface area contributed by atoms with Gasteiger partial charge in [0.2, 0.25) is 0 Å². The Labute approximate surface area is 167 Å². The molecule has 0 saturated heterocycles. The number of aromatic nitrogens is 5. The summed E-state index contributed by atoms with van der Waals surface area (Å²) in [6.45, 7) is 0.615. The maximum absolute atomic E-state index is 12.9. The predicted octanol–water partition coefficient (Wildman–Crippen LogP) is 2.71. The minimum atomic E-state index is 0.00425. The van der Waals surface area contributed by atoms with Crippen LogP contribution in [-0.2, 0) is 11.3 Å². The number of benzene rings is 2. The number of tetrazole rings is 1. The lowest BCUT2D eigenvalue weighted by atomic mass is 10.1. The summed E-state index contributed by atoms with van der Waals surface area (Å²) in [5.74, 6) is 0.642. The molecule has 0 spiro atoms. The Bertz CT molecular complexity index is 1120. The van der Waals surface area contributed by atoms with Gasteiger partial charge in [-0.2, -0.15) is 0 Å². The zero-order valence-electron chi connectivity index (χ0n) is 15.7. The van der Waals surface area contributed by atoms with E-state index in [9.17, 15) is 4.79 Å². The van der Waals surface area contributed by atoms with Crippen LogP contribution in [-0.4, -0.2) is 48.6 Å². The maximum atomic E-state index is 12.9. The van der Waals surface area contributed by atoms with Crippen molar-refractivity contribution in [3.05, 3.63) is 66.6 Å². The van der Waals surface area contributed by atoms with Crippen molar-refractivity contribution in [2.24, 2.45) is 0 Å². The molecular formula is C21H20N6O2. The second-order valence-corrected chi connectivity index (χ2v) is 7.15. The average Bonchev–Trinajstić information content (AvgIpc) is 3.23. The zero-order chi connectivity index (χ0) is 19.6. The second-order valence-electron chi connectivity index (χ2n) is 7.15. The molecule has 1 aliphatic rings. The van der Waals surface area contributed by atoms with Crippen LogP contribution in [0, 0.1) is 0 Å². The van der Waals surface area contributed by atoms with Crippen molar-refractivity contribution in [3.63, 3.8) is 0 Å². The van der Waals surface area contributed by atoms with E-state index in [1.165, 1.54) is 6.33 Å². The summed E-state index contributed by atoms with van der Waals surface area (Å²) in [6.07, 6.45) is 5.56. The molecule has 0 aliphatic heterocycles. The molecule has 5 rings (SSSR count). The number of aromatic amines is 1. The van der Waals surface area contributed by atoms with Gasteiger partial charge in [0, 0.05) is 29.7 Å². The highest BCUT2D eigenvalue weighted by atomic mass is 16.5. The molecule has 1 saturated carbocycles. The number of H-pyrrole nitrogens is 1. The molecule has 1 fully saturated rings. The van der Waals surface area contributed by atoms with Gasteiger partial charge >= 0.3 is 0 Å². The molecule has 4 aromatic rings. The van der Waals surface area contributed by atoms with Crippen molar-refractivity contribution >= 4 is 16.8 Å². The van der Waals surface area contributed by atoms with E-state index >= 15 is 0 Å². The first-order valence-corrected chi connectivity index (χ1v) is 9.58. The Morgan fingerprint density at radius 1 is 1.17 bits per heavy atom. The standard InChI is InChI=1S/C21H20N6O2/c28-21(13-29-18-8-6-17(7-9-18)27-14-23-24-25-27)26(16-4-5-16)12-15-2-1-3-20-19(15)10-11-22-20/h1-3,6-11,14,16,22H,4-5,12-13H2. The molecule has 8 heteroatoms. The van der Waals surface area contributed by atoms with Gasteiger partial charge in [0.05, 0.1) is 5.69 Å². The van der Waals surface area contributed by atoms with Crippen molar-refractivity contribution in [2.45, 2.75) is 25.4 Å². The van der Waals surface area contributed by atoms with Crippen LogP contribution in [0.25, 0.3) is 16.6 Å². The number of amides is 1. The number of rotatable bonds is 7. The molecule has 8 nitrogen and oxygen atoms in total. The number of nitrogens with zero attached hydrogens (tertiary/aromatic N) is 5. The maximum Gasteiger partial charge on any atom is 0.261 e. The first kappa shape index (κ1) is 17.4. The van der Waals surface area contributed by atoms with Gasteiger partial charge in [-0.3, -0.25) is 4.79 Å². The third-order valence-corrected chi connectivity index (χ3v) is 5.15. The molecule has 2 heterocycles. The van der Waals surface area contributed by atoms with Gasteiger partial charge in [0.25, 0.3) is 5.91 Å². The van der Waals surface area contributed by atoms with Gasteiger partial charge in [0.15, 0.2) is 6.61 Å². The van der Waals surface area contributed by atoms with Gasteiger partial charge in [-0.1, -0.05) is 12.1 Å². The number of hydrogen-bond donors (Lipinski definition) is 1. The van der Waals surface area contributed by atoms with Crippen LogP contribution in [0.3, 0.4) is 0 Å². The number of ether oxygens (including phenoxy) is 1. The smallest absolute Gasteiger partial charge is 0.261 e. The van der Waals surface area contributed by atoms with Crippen LogP contribution in [0.1, 0.15) is 18.4 Å². The largest absolute Gasteiger partial charge is 0.484 e. The van der Waals surface area contributed by atoms with Crippen molar-refractivity contribution in [3.8, 4) is 11.4 Å². The molecule has 0 bridgehead atoms. The predicted molar refractivity (Wildman–Crippen MR) is 107 cm³/mol. The quantitative estimate of drug-likeness (QED) is 0.526. The Balaban J connectivity index is 1.25. The lowest BCUT2D eigenvalue weighted by Gasteiger charge is -2.23.